The predicted octanol–water partition coefficient (Wildman–Crippen LogP) is 1.26. The van der Waals surface area contributed by atoms with Gasteiger partial charge in [0.1, 0.15) is 16.6 Å². The molecule has 0 aromatic carbocycles. The molecule has 0 bridgehead atoms. The Bertz CT molecular complexity index is 244. The minimum atomic E-state index is 0.751. The van der Waals surface area contributed by atoms with Crippen LogP contribution in [0, 0.1) is 0 Å². The van der Waals surface area contributed by atoms with Crippen molar-refractivity contribution in [3.05, 3.63) is 0 Å². The van der Waals surface area contributed by atoms with E-state index >= 15 is 0 Å². The minimum Gasteiger partial charge on any atom is -0.278 e. The molecule has 0 aliphatic carbocycles. The second-order valence-electron chi connectivity index (χ2n) is 2.08. The number of nitrogens with zero attached hydrogens (tertiary/aromatic N) is 3. The standard InChI is InChI=1S/C6H7N3S2/c1-2-10-6(8-1)5-3-7-4-11-9-5/h3H,1-2,4H2. The van der Waals surface area contributed by atoms with Crippen LogP contribution in [0.25, 0.3) is 0 Å². The van der Waals surface area contributed by atoms with E-state index in [-0.39, 0.29) is 0 Å². The Labute approximate surface area is 73.6 Å². The lowest BCUT2D eigenvalue weighted by molar-refractivity contribution is 1.18. The Kier molecular flexibility index (Phi) is 2.28. The zero-order valence-electron chi connectivity index (χ0n) is 5.86. The molecule has 0 saturated heterocycles. The fraction of sp³-hybridized carbons (Fsp3) is 0.500. The molecule has 2 aliphatic rings. The molecule has 3 nitrogen and oxygen atoms in total. The maximum absolute atomic E-state index is 4.30. The molecular weight excluding hydrogens is 178 g/mol. The Morgan fingerprint density at radius 1 is 1.45 bits per heavy atom. The fourth-order valence-corrected chi connectivity index (χ4v) is 2.20. The van der Waals surface area contributed by atoms with Crippen molar-refractivity contribution in [3.63, 3.8) is 0 Å². The molecule has 0 aromatic rings. The van der Waals surface area contributed by atoms with Crippen molar-refractivity contribution in [1.29, 1.82) is 0 Å². The van der Waals surface area contributed by atoms with E-state index in [1.807, 2.05) is 6.21 Å². The van der Waals surface area contributed by atoms with Crippen molar-refractivity contribution in [2.75, 3.05) is 18.2 Å². The summed E-state index contributed by atoms with van der Waals surface area (Å²) in [6.07, 6.45) is 1.81. The lowest BCUT2D eigenvalue weighted by Crippen LogP contribution is -2.11. The molecule has 5 heteroatoms. The molecule has 11 heavy (non-hydrogen) atoms. The largest absolute Gasteiger partial charge is 0.278 e. The summed E-state index contributed by atoms with van der Waals surface area (Å²) in [5, 5.41) is 1.06. The van der Waals surface area contributed by atoms with Crippen molar-refractivity contribution < 1.29 is 0 Å². The normalized spacial score (nSPS) is 23.3. The van der Waals surface area contributed by atoms with Crippen LogP contribution in [0.3, 0.4) is 0 Å². The van der Waals surface area contributed by atoms with Gasteiger partial charge in [0.15, 0.2) is 0 Å². The predicted molar refractivity (Wildman–Crippen MR) is 53.1 cm³/mol. The van der Waals surface area contributed by atoms with Gasteiger partial charge in [-0.25, -0.2) is 4.40 Å². The maximum Gasteiger partial charge on any atom is 0.121 e. The molecule has 0 spiro atoms. The Morgan fingerprint density at radius 3 is 3.09 bits per heavy atom. The SMILES string of the molecule is C1=NCSN=C1C1=NCCS1. The third-order valence-electron chi connectivity index (χ3n) is 1.31. The van der Waals surface area contributed by atoms with Crippen LogP contribution in [0.2, 0.25) is 0 Å². The van der Waals surface area contributed by atoms with E-state index in [1.54, 1.807) is 11.8 Å². The first-order valence-electron chi connectivity index (χ1n) is 3.34. The molecular formula is C6H7N3S2. The van der Waals surface area contributed by atoms with E-state index < -0.39 is 0 Å². The van der Waals surface area contributed by atoms with E-state index in [4.69, 9.17) is 0 Å². The maximum atomic E-state index is 4.30. The highest BCUT2D eigenvalue weighted by atomic mass is 32.2. The highest BCUT2D eigenvalue weighted by Crippen LogP contribution is 2.16. The van der Waals surface area contributed by atoms with Gasteiger partial charge in [0.25, 0.3) is 0 Å². The van der Waals surface area contributed by atoms with Gasteiger partial charge in [0.05, 0.1) is 6.21 Å². The summed E-state index contributed by atoms with van der Waals surface area (Å²) in [7, 11) is 0. The van der Waals surface area contributed by atoms with Crippen LogP contribution in [0.4, 0.5) is 0 Å². The van der Waals surface area contributed by atoms with Gasteiger partial charge >= 0.3 is 0 Å². The van der Waals surface area contributed by atoms with Crippen LogP contribution < -0.4 is 0 Å². The lowest BCUT2D eigenvalue weighted by atomic mass is 10.4. The molecule has 0 aromatic heterocycles. The minimum absolute atomic E-state index is 0.751. The zero-order chi connectivity index (χ0) is 7.52. The highest BCUT2D eigenvalue weighted by Gasteiger charge is 2.13. The summed E-state index contributed by atoms with van der Waals surface area (Å²) in [4.78, 5) is 8.42. The third kappa shape index (κ3) is 1.65. The molecule has 58 valence electrons. The molecule has 0 atom stereocenters. The van der Waals surface area contributed by atoms with Crippen molar-refractivity contribution in [1.82, 2.24) is 0 Å². The van der Waals surface area contributed by atoms with Crippen LogP contribution in [-0.4, -0.2) is 35.1 Å². The Balaban J connectivity index is 2.14. The lowest BCUT2D eigenvalue weighted by Gasteiger charge is -2.02. The monoisotopic (exact) mass is 185 g/mol. The van der Waals surface area contributed by atoms with Crippen LogP contribution in [0.15, 0.2) is 14.4 Å². The quantitative estimate of drug-likeness (QED) is 0.577. The van der Waals surface area contributed by atoms with Crippen LogP contribution >= 0.6 is 23.7 Å². The van der Waals surface area contributed by atoms with Gasteiger partial charge in [-0.05, 0) is 11.9 Å². The van der Waals surface area contributed by atoms with Gasteiger partial charge < -0.3 is 0 Å². The molecule has 2 aliphatic heterocycles. The first kappa shape index (κ1) is 7.36. The van der Waals surface area contributed by atoms with Crippen molar-refractivity contribution in [3.8, 4) is 0 Å². The van der Waals surface area contributed by atoms with E-state index in [1.165, 1.54) is 11.9 Å². The highest BCUT2D eigenvalue weighted by molar-refractivity contribution is 8.16. The average Bonchev–Trinajstić information content (AvgIpc) is 2.58. The fourth-order valence-electron chi connectivity index (χ4n) is 0.863. The summed E-state index contributed by atoms with van der Waals surface area (Å²) in [6, 6.07) is 0. The Morgan fingerprint density at radius 2 is 2.45 bits per heavy atom. The molecule has 0 amide bonds. The number of thioether (sulfide) groups is 1. The second kappa shape index (κ2) is 3.40. The van der Waals surface area contributed by atoms with Crippen LogP contribution in [0.5, 0.6) is 0 Å². The topological polar surface area (TPSA) is 37.1 Å². The van der Waals surface area contributed by atoms with Gasteiger partial charge in [0, 0.05) is 12.3 Å². The van der Waals surface area contributed by atoms with E-state index in [9.17, 15) is 0 Å². The van der Waals surface area contributed by atoms with Crippen molar-refractivity contribution >= 4 is 40.7 Å². The first-order chi connectivity index (χ1) is 5.47. The Hall–Kier alpha value is -0.290. The number of rotatable bonds is 1. The number of hydrogen-bond acceptors (Lipinski definition) is 5. The van der Waals surface area contributed by atoms with Gasteiger partial charge in [-0.2, -0.15) is 0 Å². The molecule has 2 heterocycles. The van der Waals surface area contributed by atoms with Gasteiger partial charge in [0.2, 0.25) is 0 Å². The molecule has 0 radical (unpaired) electrons. The summed E-state index contributed by atoms with van der Waals surface area (Å²) < 4.78 is 4.24. The van der Waals surface area contributed by atoms with Gasteiger partial charge in [-0.1, -0.05) is 0 Å². The number of aliphatic imine (C=N–C) groups is 2. The summed E-state index contributed by atoms with van der Waals surface area (Å²) in [5.41, 5.74) is 0.948. The van der Waals surface area contributed by atoms with E-state index in [0.717, 1.165) is 28.9 Å². The average molecular weight is 185 g/mol. The smallest absolute Gasteiger partial charge is 0.121 e. The zero-order valence-corrected chi connectivity index (χ0v) is 7.49. The first-order valence-corrected chi connectivity index (χ1v) is 5.27. The van der Waals surface area contributed by atoms with Crippen LogP contribution in [0.1, 0.15) is 0 Å². The van der Waals surface area contributed by atoms with Crippen LogP contribution in [-0.2, 0) is 0 Å². The van der Waals surface area contributed by atoms with E-state index in [2.05, 4.69) is 14.4 Å². The molecule has 0 unspecified atom stereocenters. The van der Waals surface area contributed by atoms with Gasteiger partial charge in [-0.15, -0.1) is 11.8 Å². The second-order valence-corrected chi connectivity index (χ2v) is 3.86. The molecule has 0 N–H and O–H groups in total. The third-order valence-corrected chi connectivity index (χ3v) is 2.90. The van der Waals surface area contributed by atoms with E-state index in [0.29, 0.717) is 0 Å². The summed E-state index contributed by atoms with van der Waals surface area (Å²) in [5.74, 6) is 1.84. The summed E-state index contributed by atoms with van der Waals surface area (Å²) >= 11 is 3.25. The summed E-state index contributed by atoms with van der Waals surface area (Å²) in [6.45, 7) is 0.928. The van der Waals surface area contributed by atoms with Crippen molar-refractivity contribution in [2.24, 2.45) is 14.4 Å². The van der Waals surface area contributed by atoms with Crippen molar-refractivity contribution in [2.45, 2.75) is 0 Å². The van der Waals surface area contributed by atoms with Gasteiger partial charge in [-0.3, -0.25) is 9.98 Å². The molecule has 2 rings (SSSR count). The molecule has 0 saturated carbocycles. The number of hydrogen-bond donors (Lipinski definition) is 0. The molecule has 0 fully saturated rings.